The first kappa shape index (κ1) is 20.0. The molecule has 0 saturated heterocycles. The molecule has 3 aromatic heterocycles. The molecule has 0 amide bonds. The summed E-state index contributed by atoms with van der Waals surface area (Å²) in [6, 6.07) is 45.9. The zero-order chi connectivity index (χ0) is 24.8. The van der Waals surface area contributed by atoms with Crippen molar-refractivity contribution in [1.29, 1.82) is 0 Å². The predicted molar refractivity (Wildman–Crippen MR) is 160 cm³/mol. The Morgan fingerprint density at radius 1 is 0.474 bits per heavy atom. The minimum atomic E-state index is 0.990. The van der Waals surface area contributed by atoms with Crippen molar-refractivity contribution in [3.05, 3.63) is 127 Å². The van der Waals surface area contributed by atoms with Crippen LogP contribution in [-0.2, 0) is 0 Å². The molecule has 0 spiro atoms. The van der Waals surface area contributed by atoms with E-state index in [-0.39, 0.29) is 0 Å². The number of rotatable bonds is 1. The van der Waals surface area contributed by atoms with Gasteiger partial charge < -0.3 is 0 Å². The molecule has 3 heteroatoms. The third-order valence-corrected chi connectivity index (χ3v) is 8.05. The average molecular weight is 484 g/mol. The van der Waals surface area contributed by atoms with Gasteiger partial charge in [-0.15, -0.1) is 0 Å². The Balaban J connectivity index is 1.56. The van der Waals surface area contributed by atoms with E-state index in [9.17, 15) is 0 Å². The van der Waals surface area contributed by atoms with Crippen LogP contribution < -0.4 is 0 Å². The largest absolute Gasteiger partial charge is 0.295 e. The summed E-state index contributed by atoms with van der Waals surface area (Å²) in [5.74, 6) is 0. The molecule has 38 heavy (non-hydrogen) atoms. The molecular formula is C35H21N3. The van der Waals surface area contributed by atoms with Crippen molar-refractivity contribution < 1.29 is 0 Å². The van der Waals surface area contributed by atoms with Crippen molar-refractivity contribution in [2.75, 3.05) is 0 Å². The summed E-state index contributed by atoms with van der Waals surface area (Å²) in [6.07, 6.45) is 0. The van der Waals surface area contributed by atoms with Gasteiger partial charge in [-0.3, -0.25) is 8.97 Å². The molecule has 9 aromatic rings. The van der Waals surface area contributed by atoms with E-state index < -0.39 is 0 Å². The van der Waals surface area contributed by atoms with Gasteiger partial charge >= 0.3 is 0 Å². The highest BCUT2D eigenvalue weighted by Crippen LogP contribution is 2.40. The van der Waals surface area contributed by atoms with Crippen LogP contribution in [-0.4, -0.2) is 14.0 Å². The highest BCUT2D eigenvalue weighted by atomic mass is 15.1. The summed E-state index contributed by atoms with van der Waals surface area (Å²) in [6.45, 7) is 0. The average Bonchev–Trinajstić information content (AvgIpc) is 3.53. The van der Waals surface area contributed by atoms with Gasteiger partial charge in [0.25, 0.3) is 0 Å². The minimum absolute atomic E-state index is 0.990. The normalized spacial score (nSPS) is 12.2. The quantitative estimate of drug-likeness (QED) is 0.214. The molecule has 3 heterocycles. The van der Waals surface area contributed by atoms with Crippen molar-refractivity contribution in [3.8, 4) is 5.69 Å². The summed E-state index contributed by atoms with van der Waals surface area (Å²) in [7, 11) is 0. The van der Waals surface area contributed by atoms with Gasteiger partial charge in [-0.1, -0.05) is 97.1 Å². The lowest BCUT2D eigenvalue weighted by Gasteiger charge is -2.13. The van der Waals surface area contributed by atoms with E-state index in [1.807, 2.05) is 0 Å². The Kier molecular flexibility index (Phi) is 3.79. The van der Waals surface area contributed by atoms with Crippen LogP contribution >= 0.6 is 0 Å². The highest BCUT2D eigenvalue weighted by molar-refractivity contribution is 6.24. The van der Waals surface area contributed by atoms with Crippen LogP contribution in [0.15, 0.2) is 127 Å². The van der Waals surface area contributed by atoms with Gasteiger partial charge in [-0.2, -0.15) is 0 Å². The smallest absolute Gasteiger partial charge is 0.147 e. The summed E-state index contributed by atoms with van der Waals surface area (Å²) in [5, 5.41) is 9.94. The highest BCUT2D eigenvalue weighted by Gasteiger charge is 2.21. The fourth-order valence-electron chi connectivity index (χ4n) is 6.41. The molecule has 0 atom stereocenters. The lowest BCUT2D eigenvalue weighted by molar-refractivity contribution is 1.12. The van der Waals surface area contributed by atoms with Gasteiger partial charge in [0.2, 0.25) is 0 Å². The van der Waals surface area contributed by atoms with Crippen LogP contribution in [0.4, 0.5) is 0 Å². The number of fused-ring (bicyclic) bond motifs is 13. The molecule has 0 aliphatic rings. The van der Waals surface area contributed by atoms with Gasteiger partial charge in [0, 0.05) is 21.8 Å². The van der Waals surface area contributed by atoms with Gasteiger partial charge in [0.05, 0.1) is 16.6 Å². The van der Waals surface area contributed by atoms with Crippen LogP contribution in [0.2, 0.25) is 0 Å². The Morgan fingerprint density at radius 2 is 1.11 bits per heavy atom. The van der Waals surface area contributed by atoms with E-state index in [0.29, 0.717) is 0 Å². The van der Waals surface area contributed by atoms with Crippen molar-refractivity contribution in [2.24, 2.45) is 0 Å². The number of nitrogens with zero attached hydrogens (tertiary/aromatic N) is 3. The van der Waals surface area contributed by atoms with Crippen LogP contribution in [0.3, 0.4) is 0 Å². The number of para-hydroxylation sites is 3. The first-order chi connectivity index (χ1) is 18.9. The molecule has 176 valence electrons. The van der Waals surface area contributed by atoms with E-state index in [1.54, 1.807) is 0 Å². The van der Waals surface area contributed by atoms with E-state index in [2.05, 4.69) is 136 Å². The van der Waals surface area contributed by atoms with E-state index in [4.69, 9.17) is 4.98 Å². The van der Waals surface area contributed by atoms with E-state index in [1.165, 1.54) is 48.6 Å². The third-order valence-electron chi connectivity index (χ3n) is 8.05. The number of pyridine rings is 1. The van der Waals surface area contributed by atoms with Crippen molar-refractivity contribution >= 4 is 70.9 Å². The first-order valence-electron chi connectivity index (χ1n) is 13.0. The zero-order valence-electron chi connectivity index (χ0n) is 20.5. The number of imidazole rings is 1. The molecule has 0 fully saturated rings. The monoisotopic (exact) mass is 483 g/mol. The van der Waals surface area contributed by atoms with Crippen molar-refractivity contribution in [1.82, 2.24) is 14.0 Å². The van der Waals surface area contributed by atoms with Crippen LogP contribution in [0.25, 0.3) is 76.6 Å². The Labute approximate surface area is 217 Å². The standard InChI is InChI=1S/C35H21N3/c1-2-10-25-22(9-1)17-18-23-19-20-24(21-29(23)25)37-31-15-7-5-13-28(31)33-26-11-3-4-12-27(26)34-36-30-14-6-8-16-32(30)38(34)35(33)37/h1-21H. The van der Waals surface area contributed by atoms with Gasteiger partial charge in [-0.25, -0.2) is 4.98 Å². The Bertz CT molecular complexity index is 2410. The third kappa shape index (κ3) is 2.50. The molecule has 0 bridgehead atoms. The second kappa shape index (κ2) is 7.21. The molecule has 0 aliphatic heterocycles. The summed E-state index contributed by atoms with van der Waals surface area (Å²) < 4.78 is 4.79. The molecule has 0 radical (unpaired) electrons. The van der Waals surface area contributed by atoms with Crippen molar-refractivity contribution in [3.63, 3.8) is 0 Å². The second-order valence-electron chi connectivity index (χ2n) is 10.0. The lowest BCUT2D eigenvalue weighted by Crippen LogP contribution is -2.00. The molecule has 3 nitrogen and oxygen atoms in total. The predicted octanol–water partition coefficient (Wildman–Crippen LogP) is 9.04. The fourth-order valence-corrected chi connectivity index (χ4v) is 6.41. The van der Waals surface area contributed by atoms with Crippen LogP contribution in [0.5, 0.6) is 0 Å². The Hall–Kier alpha value is -5.15. The topological polar surface area (TPSA) is 22.2 Å². The van der Waals surface area contributed by atoms with Crippen molar-refractivity contribution in [2.45, 2.75) is 0 Å². The van der Waals surface area contributed by atoms with E-state index >= 15 is 0 Å². The van der Waals surface area contributed by atoms with Crippen LogP contribution in [0, 0.1) is 0 Å². The maximum atomic E-state index is 5.14. The number of aromatic nitrogens is 3. The molecular weight excluding hydrogens is 462 g/mol. The van der Waals surface area contributed by atoms with Crippen LogP contribution in [0.1, 0.15) is 0 Å². The Morgan fingerprint density at radius 3 is 1.97 bits per heavy atom. The number of hydrogen-bond acceptors (Lipinski definition) is 1. The maximum Gasteiger partial charge on any atom is 0.147 e. The SMILES string of the molecule is c1ccc2c(c1)ccc1ccc(-n3c4ccccc4c4c5ccccc5c5nc6ccccc6n5c43)cc12. The summed E-state index contributed by atoms with van der Waals surface area (Å²) in [5.41, 5.74) is 6.60. The number of hydrogen-bond donors (Lipinski definition) is 0. The van der Waals surface area contributed by atoms with E-state index in [0.717, 1.165) is 28.0 Å². The molecule has 0 saturated carbocycles. The second-order valence-corrected chi connectivity index (χ2v) is 10.0. The molecule has 9 rings (SSSR count). The lowest BCUT2D eigenvalue weighted by atomic mass is 10.0. The van der Waals surface area contributed by atoms with Gasteiger partial charge in [0.15, 0.2) is 0 Å². The van der Waals surface area contributed by atoms with Gasteiger partial charge in [0.1, 0.15) is 11.3 Å². The van der Waals surface area contributed by atoms with Gasteiger partial charge in [-0.05, 0) is 57.3 Å². The summed E-state index contributed by atoms with van der Waals surface area (Å²) in [4.78, 5) is 5.14. The number of benzene rings is 6. The summed E-state index contributed by atoms with van der Waals surface area (Å²) >= 11 is 0. The first-order valence-corrected chi connectivity index (χ1v) is 13.0. The maximum absolute atomic E-state index is 5.14. The molecule has 0 aliphatic carbocycles. The minimum Gasteiger partial charge on any atom is -0.295 e. The zero-order valence-corrected chi connectivity index (χ0v) is 20.5. The molecule has 0 unspecified atom stereocenters. The molecule has 0 N–H and O–H groups in total. The molecule has 6 aromatic carbocycles. The fraction of sp³-hybridized carbons (Fsp3) is 0.